The van der Waals surface area contributed by atoms with Crippen molar-refractivity contribution in [2.75, 3.05) is 23.7 Å². The average molecular weight is 481 g/mol. The normalized spacial score (nSPS) is 11.2. The van der Waals surface area contributed by atoms with E-state index in [4.69, 9.17) is 4.74 Å². The zero-order valence-corrected chi connectivity index (χ0v) is 21.0. The highest BCUT2D eigenvalue weighted by atomic mass is 32.2. The molecule has 1 amide bonds. The molecule has 0 saturated carbocycles. The van der Waals surface area contributed by atoms with Crippen LogP contribution in [0.15, 0.2) is 66.7 Å². The first-order chi connectivity index (χ1) is 16.2. The highest BCUT2D eigenvalue weighted by Gasteiger charge is 2.18. The molecule has 0 heterocycles. The summed E-state index contributed by atoms with van der Waals surface area (Å²) in [5.41, 5.74) is 5.30. The molecule has 0 radical (unpaired) electrons. The lowest BCUT2D eigenvalue weighted by Gasteiger charge is -2.23. The molecule has 0 fully saturated rings. The van der Waals surface area contributed by atoms with Crippen molar-refractivity contribution in [1.82, 2.24) is 5.32 Å². The van der Waals surface area contributed by atoms with E-state index in [-0.39, 0.29) is 12.5 Å². The first-order valence-corrected chi connectivity index (χ1v) is 13.2. The molecule has 1 N–H and O–H groups in total. The third-order valence-corrected chi connectivity index (χ3v) is 6.85. The van der Waals surface area contributed by atoms with Gasteiger partial charge in [0, 0.05) is 5.56 Å². The number of rotatable bonds is 10. The number of benzene rings is 3. The number of anilines is 1. The molecular weight excluding hydrogens is 448 g/mol. The number of carbonyl (C=O) groups excluding carboxylic acids is 1. The second-order valence-corrected chi connectivity index (χ2v) is 10.2. The summed E-state index contributed by atoms with van der Waals surface area (Å²) in [7, 11) is -3.47. The number of hydrogen-bond donors (Lipinski definition) is 1. The Balaban J connectivity index is 1.57. The van der Waals surface area contributed by atoms with Crippen LogP contribution in [-0.4, -0.2) is 33.7 Å². The molecule has 0 aromatic heterocycles. The van der Waals surface area contributed by atoms with E-state index in [2.05, 4.69) is 12.2 Å². The summed E-state index contributed by atoms with van der Waals surface area (Å²) in [5, 5.41) is 2.84. The number of sulfonamides is 1. The van der Waals surface area contributed by atoms with Crippen molar-refractivity contribution in [2.45, 2.75) is 33.7 Å². The Labute approximate surface area is 202 Å². The molecule has 34 heavy (non-hydrogen) atoms. The van der Waals surface area contributed by atoms with Gasteiger partial charge < -0.3 is 10.1 Å². The lowest BCUT2D eigenvalue weighted by atomic mass is 10.1. The molecule has 180 valence electrons. The molecule has 3 aromatic rings. The fourth-order valence-corrected chi connectivity index (χ4v) is 4.35. The van der Waals surface area contributed by atoms with Crippen molar-refractivity contribution in [2.24, 2.45) is 0 Å². The van der Waals surface area contributed by atoms with Gasteiger partial charge in [0.05, 0.1) is 25.0 Å². The van der Waals surface area contributed by atoms with Crippen LogP contribution in [0.3, 0.4) is 0 Å². The maximum atomic E-state index is 12.5. The van der Waals surface area contributed by atoms with Crippen LogP contribution >= 0.6 is 0 Å². The Kier molecular flexibility index (Phi) is 8.34. The van der Waals surface area contributed by atoms with Crippen LogP contribution in [0.2, 0.25) is 0 Å². The highest BCUT2D eigenvalue weighted by molar-refractivity contribution is 7.92. The number of aryl methyl sites for hydroxylation is 3. The zero-order chi connectivity index (χ0) is 24.7. The number of hydrogen-bond acceptors (Lipinski definition) is 4. The maximum Gasteiger partial charge on any atom is 0.251 e. The van der Waals surface area contributed by atoms with Gasteiger partial charge in [0.15, 0.2) is 0 Å². The van der Waals surface area contributed by atoms with Gasteiger partial charge in [0.2, 0.25) is 10.0 Å². The average Bonchev–Trinajstić information content (AvgIpc) is 2.82. The second-order valence-electron chi connectivity index (χ2n) is 8.34. The SMILES string of the molecule is CCc1ccc(OCCNC(=O)c2ccc(CN(c3ccc(C)c(C)c3)S(C)(=O)=O)cc2)cc1. The minimum atomic E-state index is -3.47. The van der Waals surface area contributed by atoms with E-state index in [1.165, 1.54) is 16.1 Å². The third kappa shape index (κ3) is 6.84. The molecule has 0 atom stereocenters. The van der Waals surface area contributed by atoms with Crippen LogP contribution in [0.4, 0.5) is 5.69 Å². The Morgan fingerprint density at radius 2 is 1.56 bits per heavy atom. The van der Waals surface area contributed by atoms with Crippen LogP contribution < -0.4 is 14.4 Å². The standard InChI is InChI=1S/C27H32N2O4S/c1-5-22-9-14-26(15-10-22)33-17-16-28-27(30)24-11-7-23(8-12-24)19-29(34(4,31)32)25-13-6-20(2)21(3)18-25/h6-15,18H,5,16-17,19H2,1-4H3,(H,28,30). The molecule has 0 unspecified atom stereocenters. The van der Waals surface area contributed by atoms with Gasteiger partial charge in [-0.2, -0.15) is 0 Å². The van der Waals surface area contributed by atoms with Gasteiger partial charge in [-0.25, -0.2) is 8.42 Å². The van der Waals surface area contributed by atoms with E-state index in [1.807, 2.05) is 56.3 Å². The van der Waals surface area contributed by atoms with Crippen molar-refractivity contribution < 1.29 is 17.9 Å². The number of nitrogens with one attached hydrogen (secondary N) is 1. The first-order valence-electron chi connectivity index (χ1n) is 11.3. The quantitative estimate of drug-likeness (QED) is 0.429. The summed E-state index contributed by atoms with van der Waals surface area (Å²) in [4.78, 5) is 12.5. The molecule has 0 saturated heterocycles. The number of ether oxygens (including phenoxy) is 1. The largest absolute Gasteiger partial charge is 0.492 e. The first kappa shape index (κ1) is 25.3. The van der Waals surface area contributed by atoms with Crippen LogP contribution in [0.1, 0.15) is 39.5 Å². The van der Waals surface area contributed by atoms with Crippen molar-refractivity contribution in [3.8, 4) is 5.75 Å². The second kappa shape index (κ2) is 11.2. The van der Waals surface area contributed by atoms with Crippen molar-refractivity contribution in [3.05, 3.63) is 94.5 Å². The molecule has 3 rings (SSSR count). The molecule has 0 aliphatic carbocycles. The minimum Gasteiger partial charge on any atom is -0.492 e. The maximum absolute atomic E-state index is 12.5. The molecule has 7 heteroatoms. The van der Waals surface area contributed by atoms with Crippen LogP contribution in [0, 0.1) is 13.8 Å². The van der Waals surface area contributed by atoms with Gasteiger partial charge >= 0.3 is 0 Å². The lowest BCUT2D eigenvalue weighted by Crippen LogP contribution is -2.29. The zero-order valence-electron chi connectivity index (χ0n) is 20.2. The van der Waals surface area contributed by atoms with Gasteiger partial charge in [-0.1, -0.05) is 37.3 Å². The Hall–Kier alpha value is -3.32. The predicted molar refractivity (Wildman–Crippen MR) is 137 cm³/mol. The van der Waals surface area contributed by atoms with Gasteiger partial charge in [0.1, 0.15) is 12.4 Å². The molecule has 3 aromatic carbocycles. The summed E-state index contributed by atoms with van der Waals surface area (Å²) in [6, 6.07) is 20.5. The smallest absolute Gasteiger partial charge is 0.251 e. The highest BCUT2D eigenvalue weighted by Crippen LogP contribution is 2.23. The number of carbonyl (C=O) groups is 1. The summed E-state index contributed by atoms with van der Waals surface area (Å²) in [6.07, 6.45) is 2.18. The van der Waals surface area contributed by atoms with Crippen molar-refractivity contribution in [3.63, 3.8) is 0 Å². The fourth-order valence-electron chi connectivity index (χ4n) is 3.46. The summed E-state index contributed by atoms with van der Waals surface area (Å²) < 4.78 is 31.9. The Morgan fingerprint density at radius 3 is 2.15 bits per heavy atom. The molecule has 6 nitrogen and oxygen atoms in total. The van der Waals surface area contributed by atoms with E-state index in [0.29, 0.717) is 24.4 Å². The third-order valence-electron chi connectivity index (χ3n) is 5.71. The van der Waals surface area contributed by atoms with Gasteiger partial charge in [-0.3, -0.25) is 9.10 Å². The fraction of sp³-hybridized carbons (Fsp3) is 0.296. The van der Waals surface area contributed by atoms with E-state index in [0.717, 1.165) is 28.9 Å². The van der Waals surface area contributed by atoms with Gasteiger partial charge in [-0.15, -0.1) is 0 Å². The molecule has 0 aliphatic rings. The van der Waals surface area contributed by atoms with E-state index in [1.54, 1.807) is 24.3 Å². The molecular formula is C27H32N2O4S. The van der Waals surface area contributed by atoms with E-state index in [9.17, 15) is 13.2 Å². The van der Waals surface area contributed by atoms with Crippen molar-refractivity contribution in [1.29, 1.82) is 0 Å². The molecule has 0 bridgehead atoms. The molecule has 0 aliphatic heterocycles. The van der Waals surface area contributed by atoms with Crippen molar-refractivity contribution >= 4 is 21.6 Å². The summed E-state index contributed by atoms with van der Waals surface area (Å²) in [6.45, 7) is 6.99. The lowest BCUT2D eigenvalue weighted by molar-refractivity contribution is 0.0947. The van der Waals surface area contributed by atoms with E-state index < -0.39 is 10.0 Å². The number of nitrogens with zero attached hydrogens (tertiary/aromatic N) is 1. The topological polar surface area (TPSA) is 75.7 Å². The van der Waals surface area contributed by atoms with Gasteiger partial charge in [0.25, 0.3) is 5.91 Å². The number of amides is 1. The van der Waals surface area contributed by atoms with Crippen LogP contribution in [-0.2, 0) is 23.0 Å². The monoisotopic (exact) mass is 480 g/mol. The Morgan fingerprint density at radius 1 is 0.912 bits per heavy atom. The molecule has 0 spiro atoms. The van der Waals surface area contributed by atoms with Crippen LogP contribution in [0.5, 0.6) is 5.75 Å². The minimum absolute atomic E-state index is 0.188. The van der Waals surface area contributed by atoms with Gasteiger partial charge in [-0.05, 0) is 78.9 Å². The summed E-state index contributed by atoms with van der Waals surface area (Å²) >= 11 is 0. The summed E-state index contributed by atoms with van der Waals surface area (Å²) in [5.74, 6) is 0.570. The van der Waals surface area contributed by atoms with Crippen LogP contribution in [0.25, 0.3) is 0 Å². The Bertz CT molecular complexity index is 1220. The predicted octanol–water partition coefficient (Wildman–Crippen LogP) is 4.64. The van der Waals surface area contributed by atoms with E-state index >= 15 is 0 Å².